The maximum absolute atomic E-state index is 12.6. The minimum absolute atomic E-state index is 0.0140. The summed E-state index contributed by atoms with van der Waals surface area (Å²) in [7, 11) is 0. The van der Waals surface area contributed by atoms with Crippen LogP contribution in [-0.2, 0) is 11.3 Å². The second-order valence-electron chi connectivity index (χ2n) is 8.25. The molecule has 5 nitrogen and oxygen atoms in total. The van der Waals surface area contributed by atoms with E-state index in [0.717, 1.165) is 32.7 Å². The Kier molecular flexibility index (Phi) is 6.80. The summed E-state index contributed by atoms with van der Waals surface area (Å²) in [6.45, 7) is 15.0. The third kappa shape index (κ3) is 5.06. The Morgan fingerprint density at radius 2 is 1.92 bits per heavy atom. The van der Waals surface area contributed by atoms with Gasteiger partial charge in [-0.1, -0.05) is 43.7 Å². The van der Waals surface area contributed by atoms with E-state index in [9.17, 15) is 10.1 Å². The van der Waals surface area contributed by atoms with Crippen molar-refractivity contribution in [2.45, 2.75) is 52.7 Å². The zero-order chi connectivity index (χ0) is 19.3. The van der Waals surface area contributed by atoms with Gasteiger partial charge in [-0.2, -0.15) is 5.26 Å². The summed E-state index contributed by atoms with van der Waals surface area (Å²) in [5, 5.41) is 12.4. The molecule has 26 heavy (non-hydrogen) atoms. The summed E-state index contributed by atoms with van der Waals surface area (Å²) in [4.78, 5) is 15.5. The largest absolute Gasteiger partial charge is 0.333 e. The van der Waals surface area contributed by atoms with Crippen molar-refractivity contribution in [2.75, 3.05) is 26.2 Å². The molecule has 1 amide bonds. The van der Waals surface area contributed by atoms with Crippen LogP contribution in [0.15, 0.2) is 24.3 Å². The van der Waals surface area contributed by atoms with Gasteiger partial charge in [0.15, 0.2) is 6.04 Å². The highest BCUT2D eigenvalue weighted by atomic mass is 16.2. The smallest absolute Gasteiger partial charge is 0.279 e. The molecule has 1 fully saturated rings. The summed E-state index contributed by atoms with van der Waals surface area (Å²) < 4.78 is 0. The highest BCUT2D eigenvalue weighted by Crippen LogP contribution is 2.14. The molecule has 0 saturated carbocycles. The van der Waals surface area contributed by atoms with Gasteiger partial charge in [0.1, 0.15) is 38.3 Å². The summed E-state index contributed by atoms with van der Waals surface area (Å²) in [5.41, 5.74) is 1.89. The van der Waals surface area contributed by atoms with Crippen molar-refractivity contribution in [3.8, 4) is 6.07 Å². The van der Waals surface area contributed by atoms with E-state index in [4.69, 9.17) is 0 Å². The van der Waals surface area contributed by atoms with Crippen LogP contribution in [0, 0.1) is 24.2 Å². The van der Waals surface area contributed by atoms with Crippen LogP contribution in [0.25, 0.3) is 0 Å². The van der Waals surface area contributed by atoms with Crippen molar-refractivity contribution >= 4 is 5.91 Å². The first kappa shape index (κ1) is 20.4. The van der Waals surface area contributed by atoms with E-state index in [1.165, 1.54) is 16.0 Å². The van der Waals surface area contributed by atoms with Crippen molar-refractivity contribution in [1.82, 2.24) is 5.32 Å². The second kappa shape index (κ2) is 8.66. The van der Waals surface area contributed by atoms with Crippen LogP contribution >= 0.6 is 0 Å². The number of amides is 1. The van der Waals surface area contributed by atoms with Crippen LogP contribution in [0.5, 0.6) is 0 Å². The van der Waals surface area contributed by atoms with Crippen molar-refractivity contribution in [2.24, 2.45) is 5.92 Å². The Labute approximate surface area is 158 Å². The number of nitrogens with zero attached hydrogens (tertiary/aromatic N) is 1. The Bertz CT molecular complexity index is 658. The first-order valence-corrected chi connectivity index (χ1v) is 9.72. The number of nitriles is 1. The minimum atomic E-state index is -0.803. The van der Waals surface area contributed by atoms with E-state index in [2.05, 4.69) is 42.6 Å². The van der Waals surface area contributed by atoms with E-state index in [1.54, 1.807) is 4.90 Å². The number of hydrogen-bond donors (Lipinski definition) is 3. The minimum Gasteiger partial charge on any atom is -0.333 e. The third-order valence-corrected chi connectivity index (χ3v) is 5.91. The molecule has 0 aliphatic carbocycles. The van der Waals surface area contributed by atoms with Crippen LogP contribution in [-0.4, -0.2) is 43.7 Å². The fourth-order valence-corrected chi connectivity index (χ4v) is 3.50. The normalized spacial score (nSPS) is 23.7. The number of aryl methyl sites for hydroxylation is 1. The van der Waals surface area contributed by atoms with Crippen molar-refractivity contribution in [1.29, 1.82) is 5.26 Å². The topological polar surface area (TPSA) is 61.8 Å². The lowest BCUT2D eigenvalue weighted by Crippen LogP contribution is -3.29. The molecule has 5 heteroatoms. The fraction of sp³-hybridized carbons (Fsp3) is 0.619. The summed E-state index contributed by atoms with van der Waals surface area (Å²) in [6, 6.07) is 10.9. The molecule has 2 atom stereocenters. The molecule has 1 aromatic carbocycles. The van der Waals surface area contributed by atoms with Gasteiger partial charge in [0, 0.05) is 5.56 Å². The quantitative estimate of drug-likeness (QED) is 0.655. The molecule has 1 saturated heterocycles. The Morgan fingerprint density at radius 3 is 2.46 bits per heavy atom. The number of rotatable bonds is 6. The molecule has 1 aliphatic heterocycles. The van der Waals surface area contributed by atoms with Crippen LogP contribution in [0.2, 0.25) is 0 Å². The number of nitrogens with one attached hydrogen (secondary N) is 3. The number of piperazine rings is 1. The predicted molar refractivity (Wildman–Crippen MR) is 103 cm³/mol. The number of quaternary nitrogens is 2. The monoisotopic (exact) mass is 358 g/mol. The first-order chi connectivity index (χ1) is 12.2. The number of carbonyl (C=O) groups excluding carboxylic acids is 1. The zero-order valence-corrected chi connectivity index (χ0v) is 16.9. The van der Waals surface area contributed by atoms with Gasteiger partial charge in [-0.05, 0) is 26.7 Å². The summed E-state index contributed by atoms with van der Waals surface area (Å²) in [5.74, 6) is 0.0640. The molecule has 0 bridgehead atoms. The summed E-state index contributed by atoms with van der Waals surface area (Å²) >= 11 is 0. The molecular formula is C21H34N4O+2. The van der Waals surface area contributed by atoms with Crippen LogP contribution < -0.4 is 15.1 Å². The highest BCUT2D eigenvalue weighted by Gasteiger charge is 2.36. The van der Waals surface area contributed by atoms with E-state index in [1.807, 2.05) is 27.7 Å². The van der Waals surface area contributed by atoms with Gasteiger partial charge in [-0.3, -0.25) is 4.79 Å². The Balaban J connectivity index is 1.87. The number of carbonyl (C=O) groups is 1. The molecule has 0 aromatic heterocycles. The SMILES string of the molecule is Cc1cccc(C[NH+]2CC[NH+]([C@H](C)C(=O)N[C@](C)(C#N)C(C)C)CC2)c1. The predicted octanol–water partition coefficient (Wildman–Crippen LogP) is -0.279. The number of hydrogen-bond acceptors (Lipinski definition) is 2. The molecule has 1 aromatic rings. The maximum atomic E-state index is 12.6. The van der Waals surface area contributed by atoms with E-state index < -0.39 is 5.54 Å². The molecule has 1 heterocycles. The van der Waals surface area contributed by atoms with Gasteiger partial charge >= 0.3 is 0 Å². The first-order valence-electron chi connectivity index (χ1n) is 9.72. The fourth-order valence-electron chi connectivity index (χ4n) is 3.50. The van der Waals surface area contributed by atoms with Gasteiger partial charge in [0.25, 0.3) is 5.91 Å². The van der Waals surface area contributed by atoms with E-state index in [0.29, 0.717) is 0 Å². The van der Waals surface area contributed by atoms with Crippen molar-refractivity contribution in [3.63, 3.8) is 0 Å². The van der Waals surface area contributed by atoms with E-state index in [-0.39, 0.29) is 17.9 Å². The van der Waals surface area contributed by atoms with Crippen LogP contribution in [0.3, 0.4) is 0 Å². The lowest BCUT2D eigenvalue weighted by molar-refractivity contribution is -1.02. The Hall–Kier alpha value is -1.90. The van der Waals surface area contributed by atoms with E-state index >= 15 is 0 Å². The molecule has 2 rings (SSSR count). The highest BCUT2D eigenvalue weighted by molar-refractivity contribution is 5.81. The van der Waals surface area contributed by atoms with Gasteiger partial charge in [-0.15, -0.1) is 0 Å². The van der Waals surface area contributed by atoms with Crippen molar-refractivity contribution in [3.05, 3.63) is 35.4 Å². The molecular weight excluding hydrogens is 324 g/mol. The summed E-state index contributed by atoms with van der Waals surface area (Å²) in [6.07, 6.45) is 0. The second-order valence-corrected chi connectivity index (χ2v) is 8.25. The number of benzene rings is 1. The molecule has 142 valence electrons. The lowest BCUT2D eigenvalue weighted by atomic mass is 9.89. The standard InChI is InChI=1S/C21H32N4O/c1-16(2)21(5,15-22)23-20(26)18(4)25-11-9-24(10-12-25)14-19-8-6-7-17(3)13-19/h6-8,13,16,18H,9-12,14H2,1-5H3,(H,23,26)/p+2/t18-,21-/m1/s1. The lowest BCUT2D eigenvalue weighted by Gasteiger charge is -2.34. The molecule has 3 N–H and O–H groups in total. The van der Waals surface area contributed by atoms with Crippen LogP contribution in [0.4, 0.5) is 0 Å². The van der Waals surface area contributed by atoms with Gasteiger partial charge in [0.05, 0.1) is 6.07 Å². The van der Waals surface area contributed by atoms with Gasteiger partial charge in [-0.25, -0.2) is 0 Å². The van der Waals surface area contributed by atoms with Gasteiger partial charge < -0.3 is 15.1 Å². The third-order valence-electron chi connectivity index (χ3n) is 5.91. The van der Waals surface area contributed by atoms with Gasteiger partial charge in [0.2, 0.25) is 0 Å². The molecule has 0 radical (unpaired) electrons. The average molecular weight is 359 g/mol. The zero-order valence-electron chi connectivity index (χ0n) is 16.9. The molecule has 0 unspecified atom stereocenters. The Morgan fingerprint density at radius 1 is 1.27 bits per heavy atom. The molecule has 1 aliphatic rings. The average Bonchev–Trinajstić information content (AvgIpc) is 2.61. The van der Waals surface area contributed by atoms with Crippen molar-refractivity contribution < 1.29 is 14.6 Å². The molecule has 0 spiro atoms. The van der Waals surface area contributed by atoms with Crippen LogP contribution in [0.1, 0.15) is 38.8 Å². The maximum Gasteiger partial charge on any atom is 0.279 e.